The molecule has 3 rings (SSSR count). The van der Waals surface area contributed by atoms with Gasteiger partial charge in [0.15, 0.2) is 0 Å². The molecule has 0 saturated heterocycles. The highest BCUT2D eigenvalue weighted by Crippen LogP contribution is 2.35. The monoisotopic (exact) mass is 298 g/mol. The first-order valence-corrected chi connectivity index (χ1v) is 7.35. The molecule has 1 aromatic heterocycles. The lowest BCUT2D eigenvalue weighted by Gasteiger charge is -2.30. The van der Waals surface area contributed by atoms with Crippen molar-refractivity contribution in [3.05, 3.63) is 58.0 Å². The zero-order chi connectivity index (χ0) is 15.7. The van der Waals surface area contributed by atoms with E-state index in [-0.39, 0.29) is 23.8 Å². The molecule has 2 aromatic rings. The number of carbonyl (C=O) groups excluding carboxylic acids is 1. The highest BCUT2D eigenvalue weighted by Gasteiger charge is 2.25. The Kier molecular flexibility index (Phi) is 3.71. The van der Waals surface area contributed by atoms with Crippen molar-refractivity contribution in [2.75, 3.05) is 11.4 Å². The molecule has 0 atom stereocenters. The highest BCUT2D eigenvalue weighted by molar-refractivity contribution is 5.96. The molecular weight excluding hydrogens is 280 g/mol. The molecule has 2 heterocycles. The number of phenolic OH excluding ortho intramolecular Hbond substituents is 1. The third kappa shape index (κ3) is 2.50. The van der Waals surface area contributed by atoms with Gasteiger partial charge in [-0.25, -0.2) is 0 Å². The molecule has 0 spiro atoms. The van der Waals surface area contributed by atoms with Crippen LogP contribution in [0.2, 0.25) is 0 Å². The van der Waals surface area contributed by atoms with E-state index < -0.39 is 0 Å². The van der Waals surface area contributed by atoms with Crippen LogP contribution in [-0.4, -0.2) is 22.1 Å². The summed E-state index contributed by atoms with van der Waals surface area (Å²) in [5.41, 5.74) is 2.00. The van der Waals surface area contributed by atoms with Crippen molar-refractivity contribution in [2.45, 2.75) is 26.3 Å². The summed E-state index contributed by atoms with van der Waals surface area (Å²) in [6.45, 7) is 2.27. The number of amides is 1. The molecule has 114 valence electrons. The predicted octanol–water partition coefficient (Wildman–Crippen LogP) is 1.84. The Hall–Kier alpha value is -2.56. The van der Waals surface area contributed by atoms with Crippen LogP contribution < -0.4 is 10.5 Å². The number of rotatable bonds is 2. The summed E-state index contributed by atoms with van der Waals surface area (Å²) >= 11 is 0. The van der Waals surface area contributed by atoms with E-state index in [1.807, 2.05) is 6.07 Å². The van der Waals surface area contributed by atoms with Crippen molar-refractivity contribution in [1.82, 2.24) is 4.57 Å². The molecule has 1 aromatic carbocycles. The van der Waals surface area contributed by atoms with Crippen LogP contribution in [0.4, 0.5) is 5.69 Å². The van der Waals surface area contributed by atoms with E-state index in [0.717, 1.165) is 18.4 Å². The average Bonchev–Trinajstić information content (AvgIpc) is 2.51. The summed E-state index contributed by atoms with van der Waals surface area (Å²) in [6.07, 6.45) is 3.31. The molecule has 1 aliphatic rings. The standard InChI is InChI=1S/C17H18N2O3/c1-12-5-3-9-18(17(12)22)11-15(21)19-10-4-7-13-6-2-8-14(20)16(13)19/h2-3,5-6,8-9,20H,4,7,10-11H2,1H3. The fourth-order valence-electron chi connectivity index (χ4n) is 2.89. The molecule has 1 amide bonds. The highest BCUT2D eigenvalue weighted by atomic mass is 16.3. The lowest BCUT2D eigenvalue weighted by molar-refractivity contribution is -0.119. The number of nitrogens with zero attached hydrogens (tertiary/aromatic N) is 2. The Morgan fingerprint density at radius 2 is 2.09 bits per heavy atom. The van der Waals surface area contributed by atoms with Gasteiger partial charge in [0, 0.05) is 18.3 Å². The number of aromatic hydroxyl groups is 1. The van der Waals surface area contributed by atoms with E-state index in [1.165, 1.54) is 4.57 Å². The number of aromatic nitrogens is 1. The Labute approximate surface area is 128 Å². The second-order valence-corrected chi connectivity index (χ2v) is 5.56. The van der Waals surface area contributed by atoms with Gasteiger partial charge in [-0.3, -0.25) is 9.59 Å². The summed E-state index contributed by atoms with van der Waals surface area (Å²) in [5, 5.41) is 10.1. The number of anilines is 1. The Bertz CT molecular complexity index is 780. The van der Waals surface area contributed by atoms with Gasteiger partial charge in [-0.05, 0) is 37.5 Å². The van der Waals surface area contributed by atoms with E-state index in [2.05, 4.69) is 0 Å². The lowest BCUT2D eigenvalue weighted by atomic mass is 10.0. The molecule has 0 fully saturated rings. The van der Waals surface area contributed by atoms with Gasteiger partial charge in [-0.15, -0.1) is 0 Å². The first-order valence-electron chi connectivity index (χ1n) is 7.35. The van der Waals surface area contributed by atoms with Crippen LogP contribution in [0.3, 0.4) is 0 Å². The van der Waals surface area contributed by atoms with Crippen LogP contribution in [-0.2, 0) is 17.8 Å². The van der Waals surface area contributed by atoms with Gasteiger partial charge in [0.05, 0.1) is 5.69 Å². The molecule has 5 nitrogen and oxygen atoms in total. The summed E-state index contributed by atoms with van der Waals surface area (Å²) in [5.74, 6) is -0.0720. The number of fused-ring (bicyclic) bond motifs is 1. The molecule has 22 heavy (non-hydrogen) atoms. The number of carbonyl (C=O) groups is 1. The van der Waals surface area contributed by atoms with Gasteiger partial charge in [0.25, 0.3) is 5.56 Å². The van der Waals surface area contributed by atoms with E-state index in [0.29, 0.717) is 17.8 Å². The Morgan fingerprint density at radius 3 is 2.91 bits per heavy atom. The number of para-hydroxylation sites is 1. The summed E-state index contributed by atoms with van der Waals surface area (Å²) in [6, 6.07) is 8.78. The fourth-order valence-corrected chi connectivity index (χ4v) is 2.89. The molecule has 0 radical (unpaired) electrons. The second kappa shape index (κ2) is 5.67. The van der Waals surface area contributed by atoms with E-state index in [1.54, 1.807) is 42.3 Å². The number of pyridine rings is 1. The van der Waals surface area contributed by atoms with Gasteiger partial charge in [-0.1, -0.05) is 18.2 Å². The average molecular weight is 298 g/mol. The van der Waals surface area contributed by atoms with Gasteiger partial charge in [-0.2, -0.15) is 0 Å². The minimum Gasteiger partial charge on any atom is -0.506 e. The SMILES string of the molecule is Cc1cccn(CC(=O)N2CCCc3cccc(O)c32)c1=O. The van der Waals surface area contributed by atoms with Crippen molar-refractivity contribution in [1.29, 1.82) is 0 Å². The lowest BCUT2D eigenvalue weighted by Crippen LogP contribution is -2.39. The molecule has 0 saturated carbocycles. The van der Waals surface area contributed by atoms with Crippen LogP contribution in [0.1, 0.15) is 17.5 Å². The van der Waals surface area contributed by atoms with Gasteiger partial charge >= 0.3 is 0 Å². The van der Waals surface area contributed by atoms with Crippen LogP contribution >= 0.6 is 0 Å². The fraction of sp³-hybridized carbons (Fsp3) is 0.294. The first kappa shape index (κ1) is 14.4. The quantitative estimate of drug-likeness (QED) is 0.920. The molecule has 1 aliphatic heterocycles. The maximum absolute atomic E-state index is 12.6. The minimum atomic E-state index is -0.185. The van der Waals surface area contributed by atoms with Crippen molar-refractivity contribution in [3.63, 3.8) is 0 Å². The topological polar surface area (TPSA) is 62.5 Å². The maximum atomic E-state index is 12.6. The predicted molar refractivity (Wildman–Crippen MR) is 84.2 cm³/mol. The van der Waals surface area contributed by atoms with Crippen LogP contribution in [0.5, 0.6) is 5.75 Å². The van der Waals surface area contributed by atoms with Crippen LogP contribution in [0.25, 0.3) is 0 Å². The number of hydrogen-bond donors (Lipinski definition) is 1. The van der Waals surface area contributed by atoms with Gasteiger partial charge in [0.1, 0.15) is 12.3 Å². The summed E-state index contributed by atoms with van der Waals surface area (Å²) in [4.78, 5) is 26.2. The molecule has 5 heteroatoms. The molecule has 0 bridgehead atoms. The van der Waals surface area contributed by atoms with Crippen molar-refractivity contribution in [2.24, 2.45) is 0 Å². The zero-order valence-corrected chi connectivity index (χ0v) is 12.5. The number of hydrogen-bond acceptors (Lipinski definition) is 3. The molecule has 1 N–H and O–H groups in total. The van der Waals surface area contributed by atoms with Crippen molar-refractivity contribution >= 4 is 11.6 Å². The largest absolute Gasteiger partial charge is 0.506 e. The normalized spacial score (nSPS) is 13.8. The van der Waals surface area contributed by atoms with E-state index in [4.69, 9.17) is 0 Å². The van der Waals surface area contributed by atoms with Crippen LogP contribution in [0.15, 0.2) is 41.3 Å². The number of benzene rings is 1. The Morgan fingerprint density at radius 1 is 1.27 bits per heavy atom. The number of phenols is 1. The van der Waals surface area contributed by atoms with Crippen molar-refractivity contribution < 1.29 is 9.90 Å². The molecule has 0 aliphatic carbocycles. The molecule has 0 unspecified atom stereocenters. The zero-order valence-electron chi connectivity index (χ0n) is 12.5. The van der Waals surface area contributed by atoms with E-state index in [9.17, 15) is 14.7 Å². The number of aryl methyl sites for hydroxylation is 2. The van der Waals surface area contributed by atoms with E-state index >= 15 is 0 Å². The first-order chi connectivity index (χ1) is 10.6. The van der Waals surface area contributed by atoms with Gasteiger partial charge < -0.3 is 14.6 Å². The summed E-state index contributed by atoms with van der Waals surface area (Å²) < 4.78 is 1.41. The van der Waals surface area contributed by atoms with Crippen molar-refractivity contribution in [3.8, 4) is 5.75 Å². The third-order valence-corrected chi connectivity index (χ3v) is 4.01. The molecular formula is C17H18N2O3. The smallest absolute Gasteiger partial charge is 0.253 e. The maximum Gasteiger partial charge on any atom is 0.253 e. The Balaban J connectivity index is 1.92. The van der Waals surface area contributed by atoms with Crippen LogP contribution in [0, 0.1) is 6.92 Å². The summed E-state index contributed by atoms with van der Waals surface area (Å²) in [7, 11) is 0. The third-order valence-electron chi connectivity index (χ3n) is 4.01. The van der Waals surface area contributed by atoms with Gasteiger partial charge in [0.2, 0.25) is 5.91 Å². The second-order valence-electron chi connectivity index (χ2n) is 5.56. The minimum absolute atomic E-state index is 0.0196.